The molecule has 1 heterocycles. The SMILES string of the molecule is NC(=O)C1=Nc2ccccc2/C=C\N=C1. The van der Waals surface area contributed by atoms with Crippen LogP contribution in [0.25, 0.3) is 6.08 Å². The van der Waals surface area contributed by atoms with Crippen LogP contribution in [0.2, 0.25) is 0 Å². The highest BCUT2D eigenvalue weighted by Gasteiger charge is 2.06. The average molecular weight is 199 g/mol. The number of fused-ring (bicyclic) bond motifs is 1. The van der Waals surface area contributed by atoms with Gasteiger partial charge in [0, 0.05) is 11.8 Å². The third-order valence-electron chi connectivity index (χ3n) is 1.97. The van der Waals surface area contributed by atoms with E-state index in [1.807, 2.05) is 30.3 Å². The number of rotatable bonds is 1. The molecule has 0 spiro atoms. The van der Waals surface area contributed by atoms with Gasteiger partial charge in [0.05, 0.1) is 11.9 Å². The van der Waals surface area contributed by atoms with Gasteiger partial charge in [-0.25, -0.2) is 4.99 Å². The first kappa shape index (κ1) is 9.33. The molecule has 1 aliphatic heterocycles. The lowest BCUT2D eigenvalue weighted by Gasteiger charge is -2.03. The third kappa shape index (κ3) is 1.99. The smallest absolute Gasteiger partial charge is 0.268 e. The van der Waals surface area contributed by atoms with Gasteiger partial charge in [-0.1, -0.05) is 18.2 Å². The fraction of sp³-hybridized carbons (Fsp3) is 0. The molecular formula is C11H9N3O. The molecule has 0 unspecified atom stereocenters. The number of hydrogen-bond acceptors (Lipinski definition) is 3. The van der Waals surface area contributed by atoms with E-state index in [-0.39, 0.29) is 5.71 Å². The van der Waals surface area contributed by atoms with Crippen LogP contribution in [0.5, 0.6) is 0 Å². The highest BCUT2D eigenvalue weighted by atomic mass is 16.1. The number of benzene rings is 1. The van der Waals surface area contributed by atoms with E-state index in [2.05, 4.69) is 9.98 Å². The molecule has 0 saturated heterocycles. The van der Waals surface area contributed by atoms with Crippen molar-refractivity contribution in [1.82, 2.24) is 0 Å². The number of carbonyl (C=O) groups excluding carboxylic acids is 1. The van der Waals surface area contributed by atoms with Gasteiger partial charge in [-0.15, -0.1) is 0 Å². The molecule has 1 aliphatic rings. The largest absolute Gasteiger partial charge is 0.364 e. The zero-order valence-corrected chi connectivity index (χ0v) is 7.92. The van der Waals surface area contributed by atoms with Crippen molar-refractivity contribution in [3.05, 3.63) is 36.0 Å². The van der Waals surface area contributed by atoms with E-state index < -0.39 is 5.91 Å². The number of primary amides is 1. The van der Waals surface area contributed by atoms with Gasteiger partial charge in [-0.05, 0) is 12.1 Å². The zero-order valence-electron chi connectivity index (χ0n) is 7.92. The normalized spacial score (nSPS) is 15.9. The predicted molar refractivity (Wildman–Crippen MR) is 60.3 cm³/mol. The molecule has 4 nitrogen and oxygen atoms in total. The van der Waals surface area contributed by atoms with E-state index in [0.29, 0.717) is 5.69 Å². The number of hydrogen-bond donors (Lipinski definition) is 1. The zero-order chi connectivity index (χ0) is 10.7. The van der Waals surface area contributed by atoms with Crippen molar-refractivity contribution < 1.29 is 4.79 Å². The van der Waals surface area contributed by atoms with Crippen LogP contribution in [0.15, 0.2) is 40.5 Å². The van der Waals surface area contributed by atoms with Crippen LogP contribution < -0.4 is 5.73 Å². The van der Waals surface area contributed by atoms with Crippen molar-refractivity contribution in [3.63, 3.8) is 0 Å². The van der Waals surface area contributed by atoms with Gasteiger partial charge in [-0.2, -0.15) is 0 Å². The fourth-order valence-electron chi connectivity index (χ4n) is 1.24. The van der Waals surface area contributed by atoms with E-state index in [0.717, 1.165) is 5.56 Å². The Morgan fingerprint density at radius 2 is 2.07 bits per heavy atom. The van der Waals surface area contributed by atoms with E-state index in [4.69, 9.17) is 5.73 Å². The molecule has 0 saturated carbocycles. The highest BCUT2D eigenvalue weighted by molar-refractivity contribution is 6.60. The van der Waals surface area contributed by atoms with Gasteiger partial charge in [0.2, 0.25) is 0 Å². The summed E-state index contributed by atoms with van der Waals surface area (Å²) < 4.78 is 0. The first-order chi connectivity index (χ1) is 7.27. The molecule has 0 bridgehead atoms. The van der Waals surface area contributed by atoms with Gasteiger partial charge < -0.3 is 5.73 Å². The summed E-state index contributed by atoms with van der Waals surface area (Å²) in [6.45, 7) is 0. The second-order valence-corrected chi connectivity index (χ2v) is 3.01. The molecule has 2 N–H and O–H groups in total. The third-order valence-corrected chi connectivity index (χ3v) is 1.97. The topological polar surface area (TPSA) is 67.8 Å². The van der Waals surface area contributed by atoms with Crippen molar-refractivity contribution in [2.75, 3.05) is 0 Å². The van der Waals surface area contributed by atoms with Crippen molar-refractivity contribution in [2.45, 2.75) is 0 Å². The van der Waals surface area contributed by atoms with Crippen LogP contribution >= 0.6 is 0 Å². The average Bonchev–Trinajstić information content (AvgIpc) is 2.18. The maximum absolute atomic E-state index is 11.0. The Balaban J connectivity index is 2.56. The van der Waals surface area contributed by atoms with Gasteiger partial charge in [0.15, 0.2) is 0 Å². The Hall–Kier alpha value is -2.23. The number of nitrogens with zero attached hydrogens (tertiary/aromatic N) is 2. The maximum Gasteiger partial charge on any atom is 0.268 e. The summed E-state index contributed by atoms with van der Waals surface area (Å²) in [4.78, 5) is 19.0. The van der Waals surface area contributed by atoms with E-state index in [1.165, 1.54) is 6.21 Å². The minimum absolute atomic E-state index is 0.159. The Labute approximate surface area is 86.9 Å². The fourth-order valence-corrected chi connectivity index (χ4v) is 1.24. The first-order valence-corrected chi connectivity index (χ1v) is 4.44. The molecular weight excluding hydrogens is 190 g/mol. The standard InChI is InChI=1S/C11H9N3O/c12-11(15)10-7-13-6-5-8-3-1-2-4-9(8)14-10/h1-7H,(H2,12,15)/b6-5-,8-5?,10-7?,13-6?,13-7?,14-9?,14-10?. The van der Waals surface area contributed by atoms with Gasteiger partial charge in [0.25, 0.3) is 5.91 Å². The molecule has 15 heavy (non-hydrogen) atoms. The number of nitrogens with two attached hydrogens (primary N) is 1. The molecule has 1 aromatic rings. The molecule has 1 amide bonds. The molecule has 0 aromatic heterocycles. The second-order valence-electron chi connectivity index (χ2n) is 3.01. The van der Waals surface area contributed by atoms with Gasteiger partial charge in [-0.3, -0.25) is 9.79 Å². The van der Waals surface area contributed by atoms with Crippen molar-refractivity contribution in [1.29, 1.82) is 0 Å². The highest BCUT2D eigenvalue weighted by Crippen LogP contribution is 2.21. The van der Waals surface area contributed by atoms with Crippen LogP contribution in [-0.4, -0.2) is 17.8 Å². The van der Waals surface area contributed by atoms with E-state index in [1.54, 1.807) is 6.20 Å². The van der Waals surface area contributed by atoms with Crippen LogP contribution in [0.1, 0.15) is 5.56 Å². The molecule has 0 fully saturated rings. The minimum Gasteiger partial charge on any atom is -0.364 e. The summed E-state index contributed by atoms with van der Waals surface area (Å²) in [5, 5.41) is 0. The Morgan fingerprint density at radius 3 is 2.87 bits per heavy atom. The first-order valence-electron chi connectivity index (χ1n) is 4.44. The van der Waals surface area contributed by atoms with Crippen LogP contribution in [0.4, 0.5) is 5.69 Å². The summed E-state index contributed by atoms with van der Waals surface area (Å²) in [7, 11) is 0. The van der Waals surface area contributed by atoms with Crippen molar-refractivity contribution in [3.8, 4) is 0 Å². The molecule has 2 rings (SSSR count). The van der Waals surface area contributed by atoms with E-state index in [9.17, 15) is 4.79 Å². The predicted octanol–water partition coefficient (Wildman–Crippen LogP) is 1.30. The van der Waals surface area contributed by atoms with Crippen LogP contribution in [-0.2, 0) is 4.79 Å². The molecule has 4 heteroatoms. The van der Waals surface area contributed by atoms with Crippen molar-refractivity contribution >= 4 is 29.6 Å². The van der Waals surface area contributed by atoms with Crippen molar-refractivity contribution in [2.24, 2.45) is 15.7 Å². The lowest BCUT2D eigenvalue weighted by atomic mass is 10.1. The lowest BCUT2D eigenvalue weighted by molar-refractivity contribution is -0.111. The van der Waals surface area contributed by atoms with Gasteiger partial charge in [0.1, 0.15) is 5.71 Å². The summed E-state index contributed by atoms with van der Waals surface area (Å²) in [5.41, 5.74) is 6.95. The quantitative estimate of drug-likeness (QED) is 0.727. The monoisotopic (exact) mass is 199 g/mol. The molecule has 0 atom stereocenters. The second kappa shape index (κ2) is 3.88. The van der Waals surface area contributed by atoms with Crippen LogP contribution in [0, 0.1) is 0 Å². The summed E-state index contributed by atoms with van der Waals surface area (Å²) in [6, 6.07) is 7.47. The van der Waals surface area contributed by atoms with Gasteiger partial charge >= 0.3 is 0 Å². The minimum atomic E-state index is -0.580. The summed E-state index contributed by atoms with van der Waals surface area (Å²) in [6.07, 6.45) is 4.79. The Bertz CT molecular complexity index is 486. The number of carbonyl (C=O) groups is 1. The Kier molecular flexibility index (Phi) is 2.41. The summed E-state index contributed by atoms with van der Waals surface area (Å²) >= 11 is 0. The van der Waals surface area contributed by atoms with Crippen LogP contribution in [0.3, 0.4) is 0 Å². The number of para-hydroxylation sites is 1. The Morgan fingerprint density at radius 1 is 1.27 bits per heavy atom. The lowest BCUT2D eigenvalue weighted by Crippen LogP contribution is -2.24. The number of amides is 1. The summed E-state index contributed by atoms with van der Waals surface area (Å²) in [5.74, 6) is -0.580. The number of aliphatic imine (C=N–C) groups is 2. The molecule has 0 aliphatic carbocycles. The maximum atomic E-state index is 11.0. The van der Waals surface area contributed by atoms with E-state index >= 15 is 0 Å². The molecule has 74 valence electrons. The molecule has 1 aromatic carbocycles. The molecule has 0 radical (unpaired) electrons.